The summed E-state index contributed by atoms with van der Waals surface area (Å²) >= 11 is 2.52. The quantitative estimate of drug-likeness (QED) is 0.700. The first-order valence-electron chi connectivity index (χ1n) is 6.78. The zero-order valence-electron chi connectivity index (χ0n) is 12.2. The maximum absolute atomic E-state index is 12.4. The molecule has 1 atom stereocenters. The van der Waals surface area contributed by atoms with Gasteiger partial charge < -0.3 is 9.52 Å². The molecule has 0 aromatic carbocycles. The molecule has 122 valence electrons. The molecule has 0 aliphatic carbocycles. The summed E-state index contributed by atoms with van der Waals surface area (Å²) in [6.45, 7) is 1.63. The van der Waals surface area contributed by atoms with E-state index >= 15 is 0 Å². The molecule has 3 rings (SSSR count). The van der Waals surface area contributed by atoms with Crippen LogP contribution in [0.5, 0.6) is 0 Å². The molecule has 1 unspecified atom stereocenters. The fourth-order valence-corrected chi connectivity index (χ4v) is 5.37. The van der Waals surface area contributed by atoms with Gasteiger partial charge in [-0.2, -0.15) is 0 Å². The third-order valence-electron chi connectivity index (χ3n) is 3.36. The molecule has 3 heterocycles. The summed E-state index contributed by atoms with van der Waals surface area (Å²) in [5.41, 5.74) is -1.54. The van der Waals surface area contributed by atoms with Gasteiger partial charge >= 0.3 is 0 Å². The maximum Gasteiger partial charge on any atom is 0.250 e. The van der Waals surface area contributed by atoms with Gasteiger partial charge in [0.05, 0.1) is 12.8 Å². The van der Waals surface area contributed by atoms with Gasteiger partial charge in [0, 0.05) is 9.75 Å². The third kappa shape index (κ3) is 3.26. The average molecular weight is 369 g/mol. The zero-order chi connectivity index (χ0) is 16.5. The van der Waals surface area contributed by atoms with Crippen molar-refractivity contribution in [3.8, 4) is 0 Å². The topological polar surface area (TPSA) is 79.5 Å². The molecular formula is C15H15NO4S3. The highest BCUT2D eigenvalue weighted by molar-refractivity contribution is 7.91. The van der Waals surface area contributed by atoms with Crippen LogP contribution in [-0.4, -0.2) is 20.1 Å². The van der Waals surface area contributed by atoms with E-state index in [9.17, 15) is 13.5 Å². The number of furan rings is 1. The standard InChI is InChI=1S/C15H15NO4S3/c1-11-6-7-14(22-11)23(18,19)16-10-15(17,12-4-2-8-20-12)13-5-3-9-21-13/h2-9,16-17H,10H2,1H3. The summed E-state index contributed by atoms with van der Waals surface area (Å²) < 4.78 is 32.8. The van der Waals surface area contributed by atoms with Crippen LogP contribution >= 0.6 is 22.7 Å². The zero-order valence-corrected chi connectivity index (χ0v) is 14.7. The highest BCUT2D eigenvalue weighted by Gasteiger charge is 2.37. The van der Waals surface area contributed by atoms with E-state index < -0.39 is 15.6 Å². The van der Waals surface area contributed by atoms with E-state index in [0.717, 1.165) is 4.88 Å². The largest absolute Gasteiger partial charge is 0.466 e. The first-order valence-corrected chi connectivity index (χ1v) is 9.96. The first-order chi connectivity index (χ1) is 10.9. The van der Waals surface area contributed by atoms with Crippen molar-refractivity contribution in [3.63, 3.8) is 0 Å². The highest BCUT2D eigenvalue weighted by atomic mass is 32.2. The number of sulfonamides is 1. The van der Waals surface area contributed by atoms with Crippen molar-refractivity contribution >= 4 is 32.7 Å². The van der Waals surface area contributed by atoms with Gasteiger partial charge in [-0.1, -0.05) is 6.07 Å². The van der Waals surface area contributed by atoms with E-state index in [1.54, 1.807) is 36.4 Å². The minimum absolute atomic E-state index is 0.208. The Kier molecular flexibility index (Phi) is 4.43. The molecule has 3 aromatic heterocycles. The van der Waals surface area contributed by atoms with Gasteiger partial charge in [0.1, 0.15) is 9.97 Å². The molecule has 23 heavy (non-hydrogen) atoms. The molecule has 0 aliphatic heterocycles. The van der Waals surface area contributed by atoms with Crippen LogP contribution < -0.4 is 4.72 Å². The molecule has 0 radical (unpaired) electrons. The molecule has 0 spiro atoms. The Morgan fingerprint density at radius 3 is 2.65 bits per heavy atom. The van der Waals surface area contributed by atoms with E-state index in [2.05, 4.69) is 4.72 Å². The lowest BCUT2D eigenvalue weighted by Crippen LogP contribution is -2.40. The highest BCUT2D eigenvalue weighted by Crippen LogP contribution is 2.33. The predicted octanol–water partition coefficient (Wildman–Crippen LogP) is 2.93. The molecule has 0 amide bonds. The lowest BCUT2D eigenvalue weighted by molar-refractivity contribution is 0.0655. The van der Waals surface area contributed by atoms with Gasteiger partial charge in [-0.25, -0.2) is 13.1 Å². The second kappa shape index (κ2) is 6.21. The first kappa shape index (κ1) is 16.4. The van der Waals surface area contributed by atoms with E-state index in [-0.39, 0.29) is 10.8 Å². The molecule has 0 fully saturated rings. The number of thiophene rings is 2. The summed E-state index contributed by atoms with van der Waals surface area (Å²) in [6, 6.07) is 10.1. The van der Waals surface area contributed by atoms with Crippen molar-refractivity contribution < 1.29 is 17.9 Å². The molecular weight excluding hydrogens is 354 g/mol. The average Bonchev–Trinajstić information content (AvgIpc) is 3.25. The maximum atomic E-state index is 12.4. The Bertz CT molecular complexity index is 830. The fraction of sp³-hybridized carbons (Fsp3) is 0.200. The van der Waals surface area contributed by atoms with Gasteiger partial charge in [-0.3, -0.25) is 0 Å². The van der Waals surface area contributed by atoms with Crippen LogP contribution in [-0.2, 0) is 15.6 Å². The number of aryl methyl sites for hydroxylation is 1. The number of nitrogens with one attached hydrogen (secondary N) is 1. The van der Waals surface area contributed by atoms with Gasteiger partial charge in [-0.05, 0) is 42.6 Å². The molecule has 3 aromatic rings. The summed E-state index contributed by atoms with van der Waals surface area (Å²) in [6.07, 6.45) is 1.45. The van der Waals surface area contributed by atoms with Crippen LogP contribution in [0.1, 0.15) is 15.5 Å². The van der Waals surface area contributed by atoms with Crippen molar-refractivity contribution in [1.29, 1.82) is 0 Å². The Hall–Kier alpha value is -1.45. The second-order valence-corrected chi connectivity index (χ2v) is 9.23. The van der Waals surface area contributed by atoms with Crippen molar-refractivity contribution in [1.82, 2.24) is 4.72 Å². The van der Waals surface area contributed by atoms with Crippen molar-refractivity contribution in [2.45, 2.75) is 16.7 Å². The van der Waals surface area contributed by atoms with Crippen molar-refractivity contribution in [2.75, 3.05) is 6.54 Å². The summed E-state index contributed by atoms with van der Waals surface area (Å²) in [4.78, 5) is 1.52. The van der Waals surface area contributed by atoms with Crippen LogP contribution in [0.25, 0.3) is 0 Å². The number of hydrogen-bond donors (Lipinski definition) is 2. The van der Waals surface area contributed by atoms with Gasteiger partial charge in [0.15, 0.2) is 5.60 Å². The normalized spacial score (nSPS) is 14.7. The van der Waals surface area contributed by atoms with E-state index in [1.165, 1.54) is 28.9 Å². The summed E-state index contributed by atoms with van der Waals surface area (Å²) in [7, 11) is -3.68. The van der Waals surface area contributed by atoms with Crippen LogP contribution in [0.4, 0.5) is 0 Å². The van der Waals surface area contributed by atoms with E-state index in [4.69, 9.17) is 4.42 Å². The minimum atomic E-state index is -3.68. The van der Waals surface area contributed by atoms with Gasteiger partial charge in [-0.15, -0.1) is 22.7 Å². The molecule has 0 saturated heterocycles. The van der Waals surface area contributed by atoms with Crippen LogP contribution in [0.15, 0.2) is 56.7 Å². The summed E-state index contributed by atoms with van der Waals surface area (Å²) in [5, 5.41) is 12.9. The van der Waals surface area contributed by atoms with Crippen LogP contribution in [0.2, 0.25) is 0 Å². The number of hydrogen-bond acceptors (Lipinski definition) is 6. The molecule has 0 aliphatic rings. The van der Waals surface area contributed by atoms with E-state index in [0.29, 0.717) is 10.6 Å². The lowest BCUT2D eigenvalue weighted by Gasteiger charge is -2.25. The van der Waals surface area contributed by atoms with Crippen molar-refractivity contribution in [3.05, 3.63) is 63.6 Å². The minimum Gasteiger partial charge on any atom is -0.466 e. The van der Waals surface area contributed by atoms with Gasteiger partial charge in [0.25, 0.3) is 0 Å². The SMILES string of the molecule is Cc1ccc(S(=O)(=O)NCC(O)(c2ccco2)c2cccs2)s1. The molecule has 0 saturated carbocycles. The number of aliphatic hydroxyl groups is 1. The van der Waals surface area contributed by atoms with Crippen molar-refractivity contribution in [2.24, 2.45) is 0 Å². The Labute approximate surface area is 142 Å². The lowest BCUT2D eigenvalue weighted by atomic mass is 9.99. The molecule has 8 heteroatoms. The Morgan fingerprint density at radius 1 is 1.26 bits per heavy atom. The smallest absolute Gasteiger partial charge is 0.250 e. The van der Waals surface area contributed by atoms with E-state index in [1.807, 2.05) is 12.3 Å². The fourth-order valence-electron chi connectivity index (χ4n) is 2.15. The van der Waals surface area contributed by atoms with Crippen LogP contribution in [0, 0.1) is 6.92 Å². The molecule has 5 nitrogen and oxygen atoms in total. The van der Waals surface area contributed by atoms with Gasteiger partial charge in [0.2, 0.25) is 10.0 Å². The summed E-state index contributed by atoms with van der Waals surface area (Å²) in [5.74, 6) is 0.296. The van der Waals surface area contributed by atoms with Crippen LogP contribution in [0.3, 0.4) is 0 Å². The Balaban J connectivity index is 1.89. The number of rotatable bonds is 6. The molecule has 0 bridgehead atoms. The molecule has 2 N–H and O–H groups in total. The third-order valence-corrected chi connectivity index (χ3v) is 7.27. The predicted molar refractivity (Wildman–Crippen MR) is 90.3 cm³/mol. The Morgan fingerprint density at radius 2 is 2.09 bits per heavy atom. The monoisotopic (exact) mass is 369 g/mol. The second-order valence-electron chi connectivity index (χ2n) is 5.00.